The van der Waals surface area contributed by atoms with E-state index >= 15 is 0 Å². The first-order valence-corrected chi connectivity index (χ1v) is 8.58. The minimum Gasteiger partial charge on any atom is -0.297 e. The Kier molecular flexibility index (Phi) is 4.05. The van der Waals surface area contributed by atoms with Crippen LogP contribution < -0.4 is 0 Å². The molecule has 6 nitrogen and oxygen atoms in total. The minimum absolute atomic E-state index is 0.0344. The highest BCUT2D eigenvalue weighted by atomic mass is 16.1. The Bertz CT molecular complexity index is 932. The molecule has 0 aliphatic carbocycles. The molecule has 0 bridgehead atoms. The second kappa shape index (κ2) is 6.37. The largest absolute Gasteiger partial charge is 0.297 e. The van der Waals surface area contributed by atoms with E-state index in [0.717, 1.165) is 47.2 Å². The van der Waals surface area contributed by atoms with E-state index in [0.29, 0.717) is 6.42 Å². The molecule has 0 amide bonds. The number of pyridine rings is 2. The van der Waals surface area contributed by atoms with E-state index in [9.17, 15) is 4.79 Å². The minimum atomic E-state index is 0.0344. The van der Waals surface area contributed by atoms with Crippen molar-refractivity contribution in [2.24, 2.45) is 7.05 Å². The number of ketones is 1. The van der Waals surface area contributed by atoms with Crippen molar-refractivity contribution in [3.8, 4) is 11.3 Å². The number of carbonyl (C=O) groups is 1. The number of fused-ring (bicyclic) bond motifs is 1. The van der Waals surface area contributed by atoms with Crippen molar-refractivity contribution in [1.29, 1.82) is 0 Å². The molecule has 4 heterocycles. The smallest absolute Gasteiger partial charge is 0.155 e. The van der Waals surface area contributed by atoms with Gasteiger partial charge in [-0.25, -0.2) is 4.98 Å². The molecule has 0 unspecified atom stereocenters. The number of rotatable bonds is 4. The molecule has 0 radical (unpaired) electrons. The summed E-state index contributed by atoms with van der Waals surface area (Å²) in [6.45, 7) is 0.998. The van der Waals surface area contributed by atoms with Crippen molar-refractivity contribution >= 4 is 16.7 Å². The van der Waals surface area contributed by atoms with Gasteiger partial charge in [0.25, 0.3) is 0 Å². The van der Waals surface area contributed by atoms with Crippen LogP contribution in [0.25, 0.3) is 22.2 Å². The van der Waals surface area contributed by atoms with Crippen molar-refractivity contribution in [1.82, 2.24) is 24.6 Å². The van der Waals surface area contributed by atoms with Gasteiger partial charge in [0.15, 0.2) is 5.78 Å². The van der Waals surface area contributed by atoms with E-state index in [2.05, 4.69) is 15.0 Å². The zero-order valence-corrected chi connectivity index (χ0v) is 14.5. The maximum absolute atomic E-state index is 12.5. The maximum Gasteiger partial charge on any atom is 0.155 e. The predicted molar refractivity (Wildman–Crippen MR) is 96.1 cm³/mol. The number of hydrogen-bond acceptors (Lipinski definition) is 5. The van der Waals surface area contributed by atoms with Crippen molar-refractivity contribution < 1.29 is 4.79 Å². The molecule has 0 spiro atoms. The summed E-state index contributed by atoms with van der Waals surface area (Å²) < 4.78 is 1.76. The van der Waals surface area contributed by atoms with Gasteiger partial charge in [-0.05, 0) is 44.6 Å². The van der Waals surface area contributed by atoms with Crippen LogP contribution in [-0.2, 0) is 18.3 Å². The lowest BCUT2D eigenvalue weighted by atomic mass is 10.0. The van der Waals surface area contributed by atoms with Gasteiger partial charge < -0.3 is 0 Å². The van der Waals surface area contributed by atoms with Crippen LogP contribution in [-0.4, -0.2) is 50.1 Å². The summed E-state index contributed by atoms with van der Waals surface area (Å²) in [5.74, 6) is 0.246. The third-order valence-corrected chi connectivity index (χ3v) is 4.88. The molecule has 3 aromatic heterocycles. The molecule has 128 valence electrons. The number of aryl methyl sites for hydroxylation is 1. The Morgan fingerprint density at radius 3 is 2.88 bits per heavy atom. The Morgan fingerprint density at radius 1 is 1.28 bits per heavy atom. The fourth-order valence-corrected chi connectivity index (χ4v) is 3.48. The monoisotopic (exact) mass is 335 g/mol. The molecule has 25 heavy (non-hydrogen) atoms. The van der Waals surface area contributed by atoms with Gasteiger partial charge in [0.1, 0.15) is 0 Å². The fraction of sp³-hybridized carbons (Fsp3) is 0.368. The van der Waals surface area contributed by atoms with Crippen molar-refractivity contribution in [2.75, 3.05) is 13.6 Å². The number of hydrogen-bond donors (Lipinski definition) is 0. The molecule has 3 aromatic rings. The van der Waals surface area contributed by atoms with Gasteiger partial charge in [0.2, 0.25) is 0 Å². The summed E-state index contributed by atoms with van der Waals surface area (Å²) in [4.78, 5) is 23.9. The van der Waals surface area contributed by atoms with Gasteiger partial charge in [0, 0.05) is 36.1 Å². The van der Waals surface area contributed by atoms with Crippen LogP contribution in [0.4, 0.5) is 0 Å². The summed E-state index contributed by atoms with van der Waals surface area (Å²) in [5.41, 5.74) is 3.50. The van der Waals surface area contributed by atoms with Crippen molar-refractivity contribution in [2.45, 2.75) is 25.3 Å². The molecule has 1 aliphatic heterocycles. The van der Waals surface area contributed by atoms with Gasteiger partial charge in [-0.15, -0.1) is 0 Å². The van der Waals surface area contributed by atoms with Gasteiger partial charge in [-0.1, -0.05) is 0 Å². The van der Waals surface area contributed by atoms with Gasteiger partial charge in [0.05, 0.1) is 29.9 Å². The average molecular weight is 335 g/mol. The van der Waals surface area contributed by atoms with Crippen molar-refractivity contribution in [3.63, 3.8) is 0 Å². The first-order valence-electron chi connectivity index (χ1n) is 8.58. The number of Topliss-reactive ketones (excluding diaryl/α,β-unsaturated/α-hetero) is 1. The zero-order chi connectivity index (χ0) is 17.4. The topological polar surface area (TPSA) is 63.9 Å². The summed E-state index contributed by atoms with van der Waals surface area (Å²) in [6, 6.07) is 5.95. The zero-order valence-electron chi connectivity index (χ0n) is 14.5. The van der Waals surface area contributed by atoms with E-state index in [4.69, 9.17) is 4.98 Å². The highest BCUT2D eigenvalue weighted by Gasteiger charge is 2.27. The lowest BCUT2D eigenvalue weighted by molar-refractivity contribution is -0.122. The van der Waals surface area contributed by atoms with Crippen LogP contribution in [0.5, 0.6) is 0 Å². The Labute approximate surface area is 146 Å². The summed E-state index contributed by atoms with van der Waals surface area (Å²) in [5, 5.41) is 5.17. The molecule has 0 N–H and O–H groups in total. The summed E-state index contributed by atoms with van der Waals surface area (Å²) in [7, 11) is 3.91. The van der Waals surface area contributed by atoms with E-state index in [1.807, 2.05) is 38.5 Å². The number of likely N-dealkylation sites (N-methyl/N-ethyl adjacent to an activating group) is 1. The number of aromatic nitrogens is 4. The molecular weight excluding hydrogens is 314 g/mol. The van der Waals surface area contributed by atoms with Gasteiger partial charge in [-0.2, -0.15) is 5.10 Å². The van der Waals surface area contributed by atoms with Crippen molar-refractivity contribution in [3.05, 3.63) is 42.5 Å². The quantitative estimate of drug-likeness (QED) is 0.732. The molecule has 4 rings (SSSR count). The fourth-order valence-electron chi connectivity index (χ4n) is 3.48. The van der Waals surface area contributed by atoms with E-state index < -0.39 is 0 Å². The highest BCUT2D eigenvalue weighted by molar-refractivity contribution is 5.87. The van der Waals surface area contributed by atoms with E-state index in [-0.39, 0.29) is 11.8 Å². The lowest BCUT2D eigenvalue weighted by Crippen LogP contribution is -2.34. The normalized spacial score (nSPS) is 18.1. The molecule has 0 saturated carbocycles. The van der Waals surface area contributed by atoms with Gasteiger partial charge in [-0.3, -0.25) is 19.4 Å². The molecule has 1 atom stereocenters. The third kappa shape index (κ3) is 3.17. The predicted octanol–water partition coefficient (Wildman–Crippen LogP) is 2.24. The van der Waals surface area contributed by atoms with Crippen LogP contribution in [0, 0.1) is 0 Å². The third-order valence-electron chi connectivity index (χ3n) is 4.88. The number of likely N-dealkylation sites (tertiary alicyclic amines) is 1. The lowest BCUT2D eigenvalue weighted by Gasteiger charge is -2.17. The number of nitrogens with zero attached hydrogens (tertiary/aromatic N) is 5. The molecule has 1 aliphatic rings. The first kappa shape index (κ1) is 15.9. The van der Waals surface area contributed by atoms with Crippen LogP contribution in [0.2, 0.25) is 0 Å². The highest BCUT2D eigenvalue weighted by Crippen LogP contribution is 2.22. The molecule has 1 saturated heterocycles. The van der Waals surface area contributed by atoms with Crippen LogP contribution >= 0.6 is 0 Å². The molecule has 6 heteroatoms. The molecule has 0 aromatic carbocycles. The van der Waals surface area contributed by atoms with Gasteiger partial charge >= 0.3 is 0 Å². The van der Waals surface area contributed by atoms with Crippen LogP contribution in [0.1, 0.15) is 18.5 Å². The number of carbonyl (C=O) groups excluding carboxylic acids is 1. The maximum atomic E-state index is 12.5. The summed E-state index contributed by atoms with van der Waals surface area (Å²) >= 11 is 0. The standard InChI is InChI=1S/C19H21N5O/c1-23-7-3-4-18(23)19(25)9-15-8-17-13(10-20-15)5-6-16(22-17)14-11-21-24(2)12-14/h5-6,8,10-12,18H,3-4,7,9H2,1-2H3/t18-/m1/s1. The second-order valence-electron chi connectivity index (χ2n) is 6.75. The molecule has 1 fully saturated rings. The second-order valence-corrected chi connectivity index (χ2v) is 6.75. The summed E-state index contributed by atoms with van der Waals surface area (Å²) in [6.07, 6.45) is 7.95. The van der Waals surface area contributed by atoms with E-state index in [1.165, 1.54) is 0 Å². The Morgan fingerprint density at radius 2 is 2.16 bits per heavy atom. The SMILES string of the molecule is CN1CCC[C@@H]1C(=O)Cc1cc2nc(-c3cnn(C)c3)ccc2cn1. The average Bonchev–Trinajstić information content (AvgIpc) is 3.22. The molecular formula is C19H21N5O. The van der Waals surface area contributed by atoms with Crippen LogP contribution in [0.3, 0.4) is 0 Å². The van der Waals surface area contributed by atoms with E-state index in [1.54, 1.807) is 17.1 Å². The van der Waals surface area contributed by atoms with Crippen LogP contribution in [0.15, 0.2) is 36.8 Å². The Hall–Kier alpha value is -2.60. The Balaban J connectivity index is 1.61. The first-order chi connectivity index (χ1) is 12.1.